The molecule has 8 rings (SSSR count). The summed E-state index contributed by atoms with van der Waals surface area (Å²) in [7, 11) is 3.55. The van der Waals surface area contributed by atoms with Gasteiger partial charge in [0, 0.05) is 34.0 Å². The van der Waals surface area contributed by atoms with Gasteiger partial charge >= 0.3 is 0 Å². The normalized spacial score (nSPS) is 40.9. The second kappa shape index (κ2) is 12.9. The molecule has 4 N–H and O–H groups in total. The second-order valence-electron chi connectivity index (χ2n) is 14.6. The van der Waals surface area contributed by atoms with E-state index in [0.29, 0.717) is 11.8 Å². The molecule has 4 spiro atoms. The molecule has 2 heterocycles. The Hall–Kier alpha value is -2.14. The van der Waals surface area contributed by atoms with Crippen molar-refractivity contribution in [2.45, 2.75) is 101 Å². The fraction of sp³-hybridized carbons (Fsp3) is 0.632. The zero-order chi connectivity index (χ0) is 37.5. The van der Waals surface area contributed by atoms with Gasteiger partial charge in [-0.25, -0.2) is 9.98 Å². The predicted molar refractivity (Wildman–Crippen MR) is 196 cm³/mol. The summed E-state index contributed by atoms with van der Waals surface area (Å²) in [6, 6.07) is 12.1. The number of nitrogens with two attached hydrogens (primary N) is 2. The van der Waals surface area contributed by atoms with E-state index >= 15 is 0 Å². The van der Waals surface area contributed by atoms with Gasteiger partial charge in [0.2, 0.25) is 0 Å². The first-order valence-corrected chi connectivity index (χ1v) is 18.9. The van der Waals surface area contributed by atoms with Gasteiger partial charge in [0.05, 0.1) is 17.7 Å². The van der Waals surface area contributed by atoms with Crippen LogP contribution in [0.3, 0.4) is 0 Å². The van der Waals surface area contributed by atoms with Crippen LogP contribution in [0.5, 0.6) is 0 Å². The standard InChI is InChI=1S/2C19H25BrN2O2/c2*1-3-12-9-18(7-6-16(12)23-2)10-13-4-5-14(20)8-15(13)19(18)11-24-17(21)22-19/h2*4-5,8,12,16H,3,6-7,9-11H2,1-2H3,(H2,21,22)/t12-,16-,18-,19+;12-,16-,18-,19-/m10/s1/i2*11D2. The molecule has 48 heavy (non-hydrogen) atoms. The molecule has 260 valence electrons. The third kappa shape index (κ3) is 5.25. The highest BCUT2D eigenvalue weighted by atomic mass is 79.9. The number of rotatable bonds is 4. The Bertz CT molecular complexity index is 1670. The molecule has 2 aromatic carbocycles. The number of methoxy groups -OCH3 is 2. The minimum Gasteiger partial charge on any atom is -0.462 e. The zero-order valence-corrected chi connectivity index (χ0v) is 31.5. The highest BCUT2D eigenvalue weighted by molar-refractivity contribution is 9.10. The van der Waals surface area contributed by atoms with Crippen LogP contribution in [0.15, 0.2) is 55.3 Å². The number of fused-ring (bicyclic) bond motifs is 6. The first-order valence-electron chi connectivity index (χ1n) is 19.3. The van der Waals surface area contributed by atoms with Gasteiger partial charge in [-0.3, -0.25) is 0 Å². The Morgan fingerprint density at radius 2 is 1.19 bits per heavy atom. The Balaban J connectivity index is 0.000000162. The van der Waals surface area contributed by atoms with Crippen LogP contribution in [0.4, 0.5) is 0 Å². The van der Waals surface area contributed by atoms with E-state index in [0.717, 1.165) is 95.4 Å². The minimum atomic E-state index is -1.97. The highest BCUT2D eigenvalue weighted by Gasteiger charge is 2.64. The van der Waals surface area contributed by atoms with Crippen molar-refractivity contribution in [1.29, 1.82) is 0 Å². The average molecular weight is 791 g/mol. The number of benzene rings is 2. The van der Waals surface area contributed by atoms with E-state index in [1.165, 1.54) is 0 Å². The number of nitrogens with zero attached hydrogens (tertiary/aromatic N) is 2. The number of amidine groups is 2. The lowest BCUT2D eigenvalue weighted by Crippen LogP contribution is -2.49. The maximum absolute atomic E-state index is 8.75. The van der Waals surface area contributed by atoms with Gasteiger partial charge in [0.25, 0.3) is 12.0 Å². The molecule has 0 bridgehead atoms. The molecule has 0 aromatic heterocycles. The van der Waals surface area contributed by atoms with Crippen molar-refractivity contribution in [1.82, 2.24) is 0 Å². The van der Waals surface area contributed by atoms with Gasteiger partial charge in [-0.1, -0.05) is 70.7 Å². The molecule has 10 heteroatoms. The number of halogens is 2. The van der Waals surface area contributed by atoms with Gasteiger partial charge < -0.3 is 30.4 Å². The van der Waals surface area contributed by atoms with Crippen molar-refractivity contribution < 1.29 is 24.4 Å². The number of hydrogen-bond donors (Lipinski definition) is 2. The predicted octanol–water partition coefficient (Wildman–Crippen LogP) is 7.51. The maximum Gasteiger partial charge on any atom is 0.283 e. The van der Waals surface area contributed by atoms with Crippen molar-refractivity contribution in [2.24, 2.45) is 44.1 Å². The zero-order valence-electron chi connectivity index (χ0n) is 32.3. The van der Waals surface area contributed by atoms with E-state index in [1.54, 1.807) is 14.2 Å². The summed E-state index contributed by atoms with van der Waals surface area (Å²) in [6.45, 7) is 0.416. The van der Waals surface area contributed by atoms with Crippen LogP contribution in [-0.4, -0.2) is 51.6 Å². The van der Waals surface area contributed by atoms with E-state index in [1.807, 2.05) is 24.3 Å². The second-order valence-corrected chi connectivity index (χ2v) is 16.4. The molecule has 2 aliphatic heterocycles. The van der Waals surface area contributed by atoms with Gasteiger partial charge in [-0.15, -0.1) is 0 Å². The summed E-state index contributed by atoms with van der Waals surface area (Å²) in [6.07, 6.45) is 9.21. The van der Waals surface area contributed by atoms with E-state index in [9.17, 15) is 0 Å². The third-order valence-corrected chi connectivity index (χ3v) is 13.5. The van der Waals surface area contributed by atoms with Crippen molar-refractivity contribution in [3.8, 4) is 0 Å². The topological polar surface area (TPSA) is 114 Å². The molecule has 0 amide bonds. The molecule has 4 aliphatic carbocycles. The third-order valence-electron chi connectivity index (χ3n) is 12.5. The van der Waals surface area contributed by atoms with Crippen molar-refractivity contribution >= 4 is 43.9 Å². The summed E-state index contributed by atoms with van der Waals surface area (Å²) in [5, 5.41) is 0. The summed E-state index contributed by atoms with van der Waals surface area (Å²) < 4.78 is 59.2. The molecule has 8 atom stereocenters. The monoisotopic (exact) mass is 788 g/mol. The molecule has 0 radical (unpaired) electrons. The largest absolute Gasteiger partial charge is 0.462 e. The first kappa shape index (κ1) is 29.6. The Kier molecular flexibility index (Phi) is 7.94. The lowest BCUT2D eigenvalue weighted by molar-refractivity contribution is -0.0514. The van der Waals surface area contributed by atoms with Crippen molar-refractivity contribution in [3.05, 3.63) is 67.6 Å². The van der Waals surface area contributed by atoms with Gasteiger partial charge in [-0.05, 0) is 110 Å². The van der Waals surface area contributed by atoms with Crippen LogP contribution < -0.4 is 11.5 Å². The van der Waals surface area contributed by atoms with Crippen LogP contribution in [0, 0.1) is 22.7 Å². The average Bonchev–Trinajstić information content (AvgIpc) is 3.71. The summed E-state index contributed by atoms with van der Waals surface area (Å²) in [4.78, 5) is 9.37. The minimum absolute atomic E-state index is 0.0517. The molecule has 2 saturated carbocycles. The molecule has 2 aromatic rings. The lowest BCUT2D eigenvalue weighted by atomic mass is 9.59. The van der Waals surface area contributed by atoms with E-state index in [-0.39, 0.29) is 35.1 Å². The van der Waals surface area contributed by atoms with Gasteiger partial charge in [0.1, 0.15) is 24.2 Å². The van der Waals surface area contributed by atoms with Crippen LogP contribution in [0.25, 0.3) is 0 Å². The summed E-state index contributed by atoms with van der Waals surface area (Å²) in [5.41, 5.74) is 13.0. The van der Waals surface area contributed by atoms with E-state index in [2.05, 4.69) is 67.8 Å². The molecule has 2 fully saturated rings. The number of aliphatic imine (C=N–C) groups is 2. The SMILES string of the molecule is [2H]C1([2H])OC(N)=N[C@]12c1cc(Br)ccc1C[C@@]21CC[C@H](OC)[C@@H](CC)C1.[2H]C1([2H])OC(N)=N[C@]12c1cc(Br)ccc1C[C@]21CC[C@@H](OC)[C@H](CC)C1. The quantitative estimate of drug-likeness (QED) is 0.332. The Labute approximate surface area is 307 Å². The lowest BCUT2D eigenvalue weighted by Gasteiger charge is -2.48. The molecule has 6 aliphatic rings. The smallest absolute Gasteiger partial charge is 0.283 e. The van der Waals surface area contributed by atoms with Crippen LogP contribution in [0.2, 0.25) is 0 Å². The van der Waals surface area contributed by atoms with Gasteiger partial charge in [0.15, 0.2) is 0 Å². The van der Waals surface area contributed by atoms with Gasteiger partial charge in [-0.2, -0.15) is 0 Å². The number of ether oxygens (including phenoxy) is 4. The van der Waals surface area contributed by atoms with Crippen LogP contribution in [-0.2, 0) is 42.9 Å². The molecular weight excluding hydrogens is 736 g/mol. The van der Waals surface area contributed by atoms with Crippen LogP contribution in [0.1, 0.15) is 93.0 Å². The fourth-order valence-electron chi connectivity index (χ4n) is 10.2. The molecular formula is C38H50Br2N4O4. The molecule has 0 unspecified atom stereocenters. The fourth-order valence-corrected chi connectivity index (χ4v) is 10.9. The van der Waals surface area contributed by atoms with Crippen molar-refractivity contribution in [2.75, 3.05) is 27.3 Å². The number of hydrogen-bond acceptors (Lipinski definition) is 8. The molecule has 8 nitrogen and oxygen atoms in total. The van der Waals surface area contributed by atoms with Crippen LogP contribution >= 0.6 is 31.9 Å². The van der Waals surface area contributed by atoms with E-state index in [4.69, 9.17) is 35.9 Å². The summed E-state index contributed by atoms with van der Waals surface area (Å²) >= 11 is 7.09. The highest BCUT2D eigenvalue weighted by Crippen LogP contribution is 2.64. The Morgan fingerprint density at radius 3 is 1.52 bits per heavy atom. The summed E-state index contributed by atoms with van der Waals surface area (Å²) in [5.74, 6) is 0.743. The maximum atomic E-state index is 8.75. The Morgan fingerprint density at radius 1 is 0.771 bits per heavy atom. The van der Waals surface area contributed by atoms with Crippen molar-refractivity contribution in [3.63, 3.8) is 0 Å². The van der Waals surface area contributed by atoms with E-state index < -0.39 is 24.2 Å². The first-order chi connectivity index (χ1) is 24.6. The molecule has 0 saturated heterocycles.